The summed E-state index contributed by atoms with van der Waals surface area (Å²) in [5.74, 6) is -0.635. The average Bonchev–Trinajstić information content (AvgIpc) is 3.79. The van der Waals surface area contributed by atoms with Crippen LogP contribution < -0.4 is 5.32 Å². The van der Waals surface area contributed by atoms with Crippen LogP contribution in [0.5, 0.6) is 0 Å². The molecule has 1 aliphatic carbocycles. The van der Waals surface area contributed by atoms with Gasteiger partial charge in [-0.1, -0.05) is 66.7 Å². The van der Waals surface area contributed by atoms with Crippen LogP contribution >= 0.6 is 0 Å². The van der Waals surface area contributed by atoms with E-state index in [0.717, 1.165) is 66.6 Å². The SMILES string of the molecule is CC(OC(=O)CCCC=CC[C@@H]1[C@@H](CC[C@@H](O)CCc2ccccc2)[C@H](O)C[C@@H]1O)N(Cc1cccc(CN2CCC[C@H](Nc3ccc4[nH]ncc4c3)C2)c1)[SH](=O)=O. The molecule has 2 heterocycles. The van der Waals surface area contributed by atoms with Crippen LogP contribution in [-0.2, 0) is 39.9 Å². The number of hydrogen-bond donors (Lipinski definition) is 6. The van der Waals surface area contributed by atoms with E-state index in [4.69, 9.17) is 4.74 Å². The van der Waals surface area contributed by atoms with Crippen LogP contribution in [0, 0.1) is 11.8 Å². The van der Waals surface area contributed by atoms with Gasteiger partial charge in [0.1, 0.15) is 0 Å². The summed E-state index contributed by atoms with van der Waals surface area (Å²) in [6.07, 6.45) is 10.3. The molecule has 1 aromatic heterocycles. The first-order chi connectivity index (χ1) is 28.1. The maximum absolute atomic E-state index is 12.7. The summed E-state index contributed by atoms with van der Waals surface area (Å²) in [5, 5.41) is 43.8. The summed E-state index contributed by atoms with van der Waals surface area (Å²) in [5.41, 5.74) is 5.20. The summed E-state index contributed by atoms with van der Waals surface area (Å²) in [4.78, 5) is 15.2. The molecule has 5 N–H and O–H groups in total. The third-order valence-electron chi connectivity index (χ3n) is 11.8. The second-order valence-corrected chi connectivity index (χ2v) is 17.2. The Morgan fingerprint density at radius 2 is 1.81 bits per heavy atom. The molecule has 0 radical (unpaired) electrons. The highest BCUT2D eigenvalue weighted by atomic mass is 32.2. The number of carbonyl (C=O) groups excluding carboxylic acids is 1. The number of aromatic nitrogens is 2. The fraction of sp³-hybridized carbons (Fsp3) is 0.511. The molecule has 1 saturated heterocycles. The molecule has 12 nitrogen and oxygen atoms in total. The number of ether oxygens (including phenoxy) is 1. The van der Waals surface area contributed by atoms with Gasteiger partial charge in [0.15, 0.2) is 6.23 Å². The second-order valence-electron chi connectivity index (χ2n) is 16.2. The highest BCUT2D eigenvalue weighted by Gasteiger charge is 2.40. The number of thiol groups is 1. The number of unbranched alkanes of at least 4 members (excludes halogenated alkanes) is 1. The number of benzene rings is 3. The van der Waals surface area contributed by atoms with Crippen LogP contribution in [0.2, 0.25) is 0 Å². The number of nitrogens with one attached hydrogen (secondary N) is 2. The molecule has 0 spiro atoms. The number of hydrogen-bond acceptors (Lipinski definition) is 10. The number of aromatic amines is 1. The van der Waals surface area contributed by atoms with Gasteiger partial charge in [-0.25, -0.2) is 8.42 Å². The summed E-state index contributed by atoms with van der Waals surface area (Å²) >= 11 is 0. The number of piperidine rings is 1. The molecule has 0 amide bonds. The molecule has 2 fully saturated rings. The molecule has 2 aliphatic rings. The number of aliphatic hydroxyl groups excluding tert-OH is 3. The smallest absolute Gasteiger partial charge is 0.307 e. The van der Waals surface area contributed by atoms with Crippen LogP contribution in [-0.4, -0.2) is 92.8 Å². The Hall–Kier alpha value is -4.11. The van der Waals surface area contributed by atoms with E-state index >= 15 is 0 Å². The van der Waals surface area contributed by atoms with Gasteiger partial charge in [-0.05, 0) is 124 Å². The fourth-order valence-corrected chi connectivity index (χ4v) is 9.23. The minimum Gasteiger partial charge on any atom is -0.446 e. The van der Waals surface area contributed by atoms with Gasteiger partial charge in [-0.3, -0.25) is 14.8 Å². The largest absolute Gasteiger partial charge is 0.446 e. The molecular formula is C45H61N5O7S. The van der Waals surface area contributed by atoms with Crippen molar-refractivity contribution in [3.63, 3.8) is 0 Å². The third-order valence-corrected chi connectivity index (χ3v) is 12.7. The van der Waals surface area contributed by atoms with E-state index < -0.39 is 41.4 Å². The molecule has 7 atom stereocenters. The van der Waals surface area contributed by atoms with E-state index in [1.54, 1.807) is 6.92 Å². The number of fused-ring (bicyclic) bond motifs is 1. The van der Waals surface area contributed by atoms with Crippen molar-refractivity contribution in [2.24, 2.45) is 11.8 Å². The lowest BCUT2D eigenvalue weighted by Gasteiger charge is -2.34. The zero-order chi connectivity index (χ0) is 40.9. The van der Waals surface area contributed by atoms with Gasteiger partial charge in [0.2, 0.25) is 10.9 Å². The zero-order valence-electron chi connectivity index (χ0n) is 33.6. The van der Waals surface area contributed by atoms with Gasteiger partial charge >= 0.3 is 5.97 Å². The molecule has 4 aromatic rings. The Kier molecular flexibility index (Phi) is 16.3. The number of anilines is 1. The average molecular weight is 816 g/mol. The van der Waals surface area contributed by atoms with E-state index in [2.05, 4.69) is 50.7 Å². The molecule has 13 heteroatoms. The van der Waals surface area contributed by atoms with E-state index in [1.165, 1.54) is 9.87 Å². The van der Waals surface area contributed by atoms with Crippen molar-refractivity contribution >= 4 is 33.4 Å². The van der Waals surface area contributed by atoms with Gasteiger partial charge < -0.3 is 25.4 Å². The lowest BCUT2D eigenvalue weighted by Crippen LogP contribution is -2.41. The number of rotatable bonds is 21. The number of likely N-dealkylation sites (tertiary alicyclic amines) is 1. The minimum absolute atomic E-state index is 0.0823. The molecule has 6 rings (SSSR count). The van der Waals surface area contributed by atoms with Crippen molar-refractivity contribution < 1.29 is 33.3 Å². The quantitative estimate of drug-likeness (QED) is 0.0190. The number of aliphatic hydroxyl groups is 3. The molecule has 314 valence electrons. The summed E-state index contributed by atoms with van der Waals surface area (Å²) in [6.45, 7) is 4.31. The van der Waals surface area contributed by atoms with E-state index in [1.807, 2.05) is 60.8 Å². The number of nitrogens with zero attached hydrogens (tertiary/aromatic N) is 3. The predicted molar refractivity (Wildman–Crippen MR) is 227 cm³/mol. The van der Waals surface area contributed by atoms with Crippen molar-refractivity contribution in [3.05, 3.63) is 108 Å². The molecule has 1 unspecified atom stereocenters. The Morgan fingerprint density at radius 1 is 1.02 bits per heavy atom. The van der Waals surface area contributed by atoms with Gasteiger partial charge in [0.05, 0.1) is 30.0 Å². The Bertz CT molecular complexity index is 1980. The normalized spacial score (nSPS) is 22.6. The molecular weight excluding hydrogens is 755 g/mol. The fourth-order valence-electron chi connectivity index (χ4n) is 8.63. The monoisotopic (exact) mass is 815 g/mol. The molecule has 0 bridgehead atoms. The van der Waals surface area contributed by atoms with E-state index in [9.17, 15) is 28.5 Å². The van der Waals surface area contributed by atoms with Gasteiger partial charge in [0.25, 0.3) is 0 Å². The topological polar surface area (TPSA) is 168 Å². The maximum atomic E-state index is 12.7. The number of H-pyrrole nitrogens is 1. The van der Waals surface area contributed by atoms with Crippen molar-refractivity contribution in [1.82, 2.24) is 19.4 Å². The number of allylic oxidation sites excluding steroid dienone is 2. The van der Waals surface area contributed by atoms with Crippen molar-refractivity contribution in [2.75, 3.05) is 18.4 Å². The lowest BCUT2D eigenvalue weighted by atomic mass is 9.85. The van der Waals surface area contributed by atoms with Gasteiger partial charge in [-0.2, -0.15) is 9.40 Å². The standard InChI is InChI=1S/C45H61N5O7S/c1-32(57-45(54)17-8-3-2-7-16-40-41(44(53)27-43(40)52)22-21-39(51)20-18-33-11-5-4-6-12-33)50(58(55)56)30-35-14-9-13-34(25-35)29-49-24-10-15-38(31-49)47-37-19-23-42-36(26-37)28-46-48-42/h2,4-7,9,11-14,19,23,25-26,28,32,38-41,43-44,47,51-53,58H,3,8,10,15-18,20-22,24,27,29-31H2,1H3,(H,46,48)/t32?,38-,39-,40+,41+,43-,44+/m0/s1. The van der Waals surface area contributed by atoms with Gasteiger partial charge in [-0.15, -0.1) is 0 Å². The van der Waals surface area contributed by atoms with Crippen molar-refractivity contribution in [2.45, 2.75) is 121 Å². The maximum Gasteiger partial charge on any atom is 0.307 e. The van der Waals surface area contributed by atoms with E-state index in [-0.39, 0.29) is 24.8 Å². The number of aryl methyl sites for hydroxylation is 1. The summed E-state index contributed by atoms with van der Waals surface area (Å²) in [6, 6.07) is 24.5. The van der Waals surface area contributed by atoms with Crippen LogP contribution in [0.25, 0.3) is 10.9 Å². The molecule has 1 saturated carbocycles. The minimum atomic E-state index is -3.01. The highest BCUT2D eigenvalue weighted by molar-refractivity contribution is 7.69. The Balaban J connectivity index is 0.898. The Morgan fingerprint density at radius 3 is 2.64 bits per heavy atom. The molecule has 1 aliphatic heterocycles. The number of esters is 1. The third kappa shape index (κ3) is 12.9. The Labute approximate surface area is 344 Å². The lowest BCUT2D eigenvalue weighted by molar-refractivity contribution is -0.153. The second kappa shape index (κ2) is 21.8. The van der Waals surface area contributed by atoms with Gasteiger partial charge in [0, 0.05) is 43.2 Å². The van der Waals surface area contributed by atoms with Crippen LogP contribution in [0.4, 0.5) is 5.69 Å². The first-order valence-corrected chi connectivity index (χ1v) is 22.1. The summed E-state index contributed by atoms with van der Waals surface area (Å²) < 4.78 is 31.4. The first kappa shape index (κ1) is 43.5. The predicted octanol–water partition coefficient (Wildman–Crippen LogP) is 6.11. The van der Waals surface area contributed by atoms with E-state index in [0.29, 0.717) is 51.0 Å². The van der Waals surface area contributed by atoms with Crippen molar-refractivity contribution in [1.29, 1.82) is 0 Å². The first-order valence-electron chi connectivity index (χ1n) is 20.9. The summed E-state index contributed by atoms with van der Waals surface area (Å²) in [7, 11) is -3.01. The zero-order valence-corrected chi connectivity index (χ0v) is 34.5. The number of carbonyl (C=O) groups is 1. The van der Waals surface area contributed by atoms with Crippen LogP contribution in [0.1, 0.15) is 87.8 Å². The van der Waals surface area contributed by atoms with Crippen LogP contribution in [0.15, 0.2) is 91.1 Å². The van der Waals surface area contributed by atoms with Crippen LogP contribution in [0.3, 0.4) is 0 Å². The molecule has 58 heavy (non-hydrogen) atoms. The van der Waals surface area contributed by atoms with Crippen molar-refractivity contribution in [3.8, 4) is 0 Å². The molecule has 3 aromatic carbocycles. The highest BCUT2D eigenvalue weighted by Crippen LogP contribution is 2.38.